The van der Waals surface area contributed by atoms with E-state index < -0.39 is 4.92 Å². The molecule has 0 amide bonds. The summed E-state index contributed by atoms with van der Waals surface area (Å²) in [4.78, 5) is 22.1. The van der Waals surface area contributed by atoms with Gasteiger partial charge in [0.05, 0.1) is 11.1 Å². The second kappa shape index (κ2) is 5.45. The average Bonchev–Trinajstić information content (AvgIpc) is 2.82. The average molecular weight is 267 g/mol. The fourth-order valence-electron chi connectivity index (χ4n) is 1.15. The minimum absolute atomic E-state index is 0.181. The zero-order valence-corrected chi connectivity index (χ0v) is 10.2. The van der Waals surface area contributed by atoms with Crippen LogP contribution in [0.15, 0.2) is 33.3 Å². The largest absolute Gasteiger partial charge is 0.440 e. The van der Waals surface area contributed by atoms with Crippen molar-refractivity contribution in [2.24, 2.45) is 0 Å². The number of nitro groups is 1. The van der Waals surface area contributed by atoms with E-state index in [1.54, 1.807) is 0 Å². The summed E-state index contributed by atoms with van der Waals surface area (Å²) in [5.41, 5.74) is -0.181. The molecule has 0 bridgehead atoms. The molecule has 0 saturated carbocycles. The Balaban J connectivity index is 2.34. The Morgan fingerprint density at radius 1 is 1.56 bits per heavy atom. The lowest BCUT2D eigenvalue weighted by molar-refractivity contribution is -0.388. The molecule has 0 unspecified atom stereocenters. The minimum atomic E-state index is -0.541. The van der Waals surface area contributed by atoms with Crippen molar-refractivity contribution in [3.05, 3.63) is 28.8 Å². The van der Waals surface area contributed by atoms with E-state index in [1.807, 2.05) is 6.92 Å². The van der Waals surface area contributed by atoms with Crippen LogP contribution in [0.3, 0.4) is 0 Å². The molecule has 0 spiro atoms. The van der Waals surface area contributed by atoms with Gasteiger partial charge in [0, 0.05) is 6.54 Å². The fraction of sp³-hybridized carbons (Fsp3) is 0.222. The lowest BCUT2D eigenvalue weighted by Crippen LogP contribution is -2.04. The lowest BCUT2D eigenvalue weighted by atomic mass is 10.5. The van der Waals surface area contributed by atoms with Crippen molar-refractivity contribution in [2.45, 2.75) is 17.2 Å². The van der Waals surface area contributed by atoms with Gasteiger partial charge in [-0.2, -0.15) is 4.98 Å². The van der Waals surface area contributed by atoms with Crippen LogP contribution in [0, 0.1) is 10.1 Å². The minimum Gasteiger partial charge on any atom is -0.440 e. The predicted octanol–water partition coefficient (Wildman–Crippen LogP) is 1.96. The number of oxazole rings is 1. The highest BCUT2D eigenvalue weighted by Crippen LogP contribution is 2.32. The zero-order valence-electron chi connectivity index (χ0n) is 9.36. The standard InChI is InChI=1S/C9H9N5O3S/c1-2-10-8-12-5-6(14(15)16)7(13-8)18-9-11-3-4-17-9/h3-5H,2H2,1H3,(H,10,12,13). The number of hydrogen-bond acceptors (Lipinski definition) is 8. The van der Waals surface area contributed by atoms with Crippen LogP contribution in [0.2, 0.25) is 0 Å². The number of nitrogens with one attached hydrogen (secondary N) is 1. The number of anilines is 1. The first-order valence-electron chi connectivity index (χ1n) is 5.03. The van der Waals surface area contributed by atoms with Crippen LogP contribution in [0.5, 0.6) is 0 Å². The molecule has 0 aliphatic rings. The highest BCUT2D eigenvalue weighted by molar-refractivity contribution is 7.99. The van der Waals surface area contributed by atoms with Crippen LogP contribution in [-0.4, -0.2) is 26.4 Å². The van der Waals surface area contributed by atoms with Gasteiger partial charge in [-0.15, -0.1) is 0 Å². The van der Waals surface area contributed by atoms with Gasteiger partial charge in [0.15, 0.2) is 5.03 Å². The molecule has 0 radical (unpaired) electrons. The number of rotatable bonds is 5. The molecule has 2 aromatic heterocycles. The Bertz CT molecular complexity index is 545. The van der Waals surface area contributed by atoms with Crippen LogP contribution in [-0.2, 0) is 0 Å². The predicted molar refractivity (Wildman–Crippen MR) is 63.5 cm³/mol. The maximum Gasteiger partial charge on any atom is 0.320 e. The highest BCUT2D eigenvalue weighted by Gasteiger charge is 2.19. The smallest absolute Gasteiger partial charge is 0.320 e. The van der Waals surface area contributed by atoms with Gasteiger partial charge in [-0.05, 0) is 18.7 Å². The van der Waals surface area contributed by atoms with Gasteiger partial charge in [0.25, 0.3) is 5.22 Å². The van der Waals surface area contributed by atoms with Crippen molar-refractivity contribution < 1.29 is 9.34 Å². The Morgan fingerprint density at radius 3 is 3.00 bits per heavy atom. The first kappa shape index (κ1) is 12.3. The normalized spacial score (nSPS) is 10.3. The van der Waals surface area contributed by atoms with E-state index in [-0.39, 0.29) is 10.7 Å². The number of hydrogen-bond donors (Lipinski definition) is 1. The molecule has 1 N–H and O–H groups in total. The molecule has 0 fully saturated rings. The molecule has 2 heterocycles. The molecule has 2 aromatic rings. The zero-order chi connectivity index (χ0) is 13.0. The molecule has 9 heteroatoms. The van der Waals surface area contributed by atoms with Gasteiger partial charge >= 0.3 is 5.69 Å². The topological polar surface area (TPSA) is 107 Å². The van der Waals surface area contributed by atoms with E-state index in [2.05, 4.69) is 20.3 Å². The van der Waals surface area contributed by atoms with E-state index in [1.165, 1.54) is 12.5 Å². The van der Waals surface area contributed by atoms with Gasteiger partial charge in [0.2, 0.25) is 5.95 Å². The second-order valence-electron chi connectivity index (χ2n) is 3.07. The van der Waals surface area contributed by atoms with Gasteiger partial charge in [0.1, 0.15) is 12.5 Å². The molecule has 94 valence electrons. The molecule has 2 rings (SSSR count). The van der Waals surface area contributed by atoms with E-state index >= 15 is 0 Å². The summed E-state index contributed by atoms with van der Waals surface area (Å²) in [7, 11) is 0. The molecular formula is C9H9N5O3S. The number of nitrogens with zero attached hydrogens (tertiary/aromatic N) is 4. The van der Waals surface area contributed by atoms with Gasteiger partial charge in [-0.3, -0.25) is 10.1 Å². The van der Waals surface area contributed by atoms with Crippen LogP contribution >= 0.6 is 11.8 Å². The summed E-state index contributed by atoms with van der Waals surface area (Å²) < 4.78 is 5.02. The lowest BCUT2D eigenvalue weighted by Gasteiger charge is -2.03. The van der Waals surface area contributed by atoms with E-state index in [9.17, 15) is 10.1 Å². The van der Waals surface area contributed by atoms with Crippen molar-refractivity contribution in [1.29, 1.82) is 0 Å². The maximum absolute atomic E-state index is 10.9. The summed E-state index contributed by atoms with van der Waals surface area (Å²) in [6.45, 7) is 2.51. The maximum atomic E-state index is 10.9. The quantitative estimate of drug-likeness (QED) is 0.497. The van der Waals surface area contributed by atoms with Crippen LogP contribution in [0.1, 0.15) is 6.92 Å². The van der Waals surface area contributed by atoms with E-state index in [4.69, 9.17) is 4.42 Å². The van der Waals surface area contributed by atoms with Crippen LogP contribution in [0.4, 0.5) is 11.6 Å². The third kappa shape index (κ3) is 2.74. The monoisotopic (exact) mass is 267 g/mol. The summed E-state index contributed by atoms with van der Waals surface area (Å²) >= 11 is 0.979. The van der Waals surface area contributed by atoms with Crippen molar-refractivity contribution in [1.82, 2.24) is 15.0 Å². The fourth-order valence-corrected chi connectivity index (χ4v) is 1.89. The molecule has 0 aromatic carbocycles. The first-order chi connectivity index (χ1) is 8.70. The first-order valence-corrected chi connectivity index (χ1v) is 5.85. The van der Waals surface area contributed by atoms with E-state index in [0.29, 0.717) is 17.7 Å². The second-order valence-corrected chi connectivity index (χ2v) is 4.01. The number of aromatic nitrogens is 3. The van der Waals surface area contributed by atoms with Gasteiger partial charge in [-0.1, -0.05) is 0 Å². The van der Waals surface area contributed by atoms with Crippen molar-refractivity contribution in [2.75, 3.05) is 11.9 Å². The van der Waals surface area contributed by atoms with Crippen molar-refractivity contribution in [3.63, 3.8) is 0 Å². The van der Waals surface area contributed by atoms with Crippen LogP contribution < -0.4 is 5.32 Å². The summed E-state index contributed by atoms with van der Waals surface area (Å²) in [5, 5.41) is 14.2. The van der Waals surface area contributed by atoms with Gasteiger partial charge < -0.3 is 9.73 Å². The molecule has 0 atom stereocenters. The Hall–Kier alpha value is -2.16. The SMILES string of the molecule is CCNc1ncc([N+](=O)[O-])c(Sc2ncco2)n1. The summed E-state index contributed by atoms with van der Waals surface area (Å²) in [6.07, 6.45) is 4.01. The molecular weight excluding hydrogens is 258 g/mol. The summed E-state index contributed by atoms with van der Waals surface area (Å²) in [6, 6.07) is 0. The third-order valence-corrected chi connectivity index (χ3v) is 2.73. The van der Waals surface area contributed by atoms with Crippen molar-refractivity contribution in [3.8, 4) is 0 Å². The van der Waals surface area contributed by atoms with E-state index in [0.717, 1.165) is 18.0 Å². The third-order valence-electron chi connectivity index (χ3n) is 1.86. The van der Waals surface area contributed by atoms with Crippen molar-refractivity contribution >= 4 is 23.4 Å². The molecule has 8 nitrogen and oxygen atoms in total. The molecule has 0 saturated heterocycles. The highest BCUT2D eigenvalue weighted by atomic mass is 32.2. The van der Waals surface area contributed by atoms with Crippen LogP contribution in [0.25, 0.3) is 0 Å². The molecule has 0 aliphatic heterocycles. The Labute approximate surface area is 106 Å². The molecule has 18 heavy (non-hydrogen) atoms. The van der Waals surface area contributed by atoms with Gasteiger partial charge in [-0.25, -0.2) is 9.97 Å². The summed E-state index contributed by atoms with van der Waals surface area (Å²) in [5.74, 6) is 0.331. The Morgan fingerprint density at radius 2 is 2.39 bits per heavy atom. The Kier molecular flexibility index (Phi) is 3.72. The molecule has 0 aliphatic carbocycles.